The lowest BCUT2D eigenvalue weighted by molar-refractivity contribution is 1.21. The smallest absolute Gasteiger partial charge is 0.0931 e. The Hall–Kier alpha value is -0.790. The number of rotatable bonds is 2. The molecule has 1 heterocycles. The molecular weight excluding hydrogens is 200 g/mol. The summed E-state index contributed by atoms with van der Waals surface area (Å²) in [5, 5.41) is 2.11. The van der Waals surface area contributed by atoms with Crippen molar-refractivity contribution >= 4 is 22.9 Å². The van der Waals surface area contributed by atoms with E-state index < -0.39 is 0 Å². The second kappa shape index (κ2) is 3.95. The van der Waals surface area contributed by atoms with Crippen LogP contribution in [0.2, 0.25) is 4.34 Å². The average Bonchev–Trinajstić information content (AvgIpc) is 2.53. The quantitative estimate of drug-likeness (QED) is 0.700. The number of thiophene rings is 1. The Kier molecular flexibility index (Phi) is 2.67. The maximum absolute atomic E-state index is 5.85. The van der Waals surface area contributed by atoms with Gasteiger partial charge in [-0.05, 0) is 29.0 Å². The van der Waals surface area contributed by atoms with Crippen molar-refractivity contribution in [3.8, 4) is 0 Å². The molecule has 2 aromatic rings. The van der Waals surface area contributed by atoms with Crippen LogP contribution in [0.3, 0.4) is 0 Å². The fourth-order valence-electron chi connectivity index (χ4n) is 1.27. The third kappa shape index (κ3) is 2.33. The molecule has 0 nitrogen and oxygen atoms in total. The van der Waals surface area contributed by atoms with Crippen molar-refractivity contribution < 1.29 is 0 Å². The van der Waals surface area contributed by atoms with E-state index in [4.69, 9.17) is 11.6 Å². The average molecular weight is 209 g/mol. The lowest BCUT2D eigenvalue weighted by Crippen LogP contribution is -1.83. The first-order valence-electron chi connectivity index (χ1n) is 4.11. The molecule has 1 aromatic heterocycles. The van der Waals surface area contributed by atoms with Gasteiger partial charge in [0, 0.05) is 0 Å². The first-order chi connectivity index (χ1) is 6.34. The second-order valence-corrected chi connectivity index (χ2v) is 4.46. The Morgan fingerprint density at radius 3 is 2.46 bits per heavy atom. The third-order valence-corrected chi connectivity index (χ3v) is 3.01. The summed E-state index contributed by atoms with van der Waals surface area (Å²) in [6, 6.07) is 12.4. The van der Waals surface area contributed by atoms with Gasteiger partial charge >= 0.3 is 0 Å². The van der Waals surface area contributed by atoms with Crippen LogP contribution in [-0.2, 0) is 6.42 Å². The van der Waals surface area contributed by atoms with Crippen molar-refractivity contribution in [1.82, 2.24) is 0 Å². The predicted octanol–water partition coefficient (Wildman–Crippen LogP) is 3.99. The molecule has 0 aliphatic heterocycles. The second-order valence-electron chi connectivity index (χ2n) is 2.92. The van der Waals surface area contributed by atoms with Gasteiger partial charge < -0.3 is 0 Å². The molecule has 2 rings (SSSR count). The van der Waals surface area contributed by atoms with Crippen LogP contribution in [0, 0.1) is 0 Å². The third-order valence-electron chi connectivity index (χ3n) is 1.87. The van der Waals surface area contributed by atoms with Crippen LogP contribution >= 0.6 is 22.9 Å². The molecule has 0 aliphatic rings. The molecule has 0 amide bonds. The standard InChI is InChI=1S/C11H9ClS/c12-11-7-10(8-13-11)6-9-4-2-1-3-5-9/h1-5,7-8H,6H2. The summed E-state index contributed by atoms with van der Waals surface area (Å²) < 4.78 is 0.867. The first-order valence-corrected chi connectivity index (χ1v) is 5.37. The zero-order chi connectivity index (χ0) is 9.10. The molecule has 0 saturated heterocycles. The van der Waals surface area contributed by atoms with E-state index in [1.165, 1.54) is 11.1 Å². The highest BCUT2D eigenvalue weighted by atomic mass is 35.5. The first kappa shape index (κ1) is 8.79. The number of halogens is 1. The molecule has 0 spiro atoms. The minimum atomic E-state index is 0.867. The molecule has 0 fully saturated rings. The highest BCUT2D eigenvalue weighted by Gasteiger charge is 1.98. The van der Waals surface area contributed by atoms with Gasteiger partial charge in [-0.2, -0.15) is 0 Å². The molecule has 0 unspecified atom stereocenters. The lowest BCUT2D eigenvalue weighted by atomic mass is 10.1. The van der Waals surface area contributed by atoms with Crippen molar-refractivity contribution in [2.24, 2.45) is 0 Å². The van der Waals surface area contributed by atoms with Crippen molar-refractivity contribution in [3.63, 3.8) is 0 Å². The minimum absolute atomic E-state index is 0.867. The van der Waals surface area contributed by atoms with Crippen LogP contribution in [0.25, 0.3) is 0 Å². The molecule has 0 N–H and O–H groups in total. The van der Waals surface area contributed by atoms with Crippen molar-refractivity contribution in [2.45, 2.75) is 6.42 Å². The van der Waals surface area contributed by atoms with Gasteiger partial charge in [0.1, 0.15) is 0 Å². The fraction of sp³-hybridized carbons (Fsp3) is 0.0909. The predicted molar refractivity (Wildman–Crippen MR) is 58.6 cm³/mol. The van der Waals surface area contributed by atoms with Crippen molar-refractivity contribution in [2.75, 3.05) is 0 Å². The van der Waals surface area contributed by atoms with E-state index >= 15 is 0 Å². The molecule has 1 aromatic carbocycles. The number of hydrogen-bond acceptors (Lipinski definition) is 1. The van der Waals surface area contributed by atoms with Crippen LogP contribution in [0.1, 0.15) is 11.1 Å². The van der Waals surface area contributed by atoms with Gasteiger partial charge in [-0.1, -0.05) is 41.9 Å². The molecular formula is C11H9ClS. The topological polar surface area (TPSA) is 0 Å². The maximum Gasteiger partial charge on any atom is 0.0931 e. The number of hydrogen-bond donors (Lipinski definition) is 0. The highest BCUT2D eigenvalue weighted by Crippen LogP contribution is 2.21. The summed E-state index contributed by atoms with van der Waals surface area (Å²) in [5.41, 5.74) is 2.62. The normalized spacial score (nSPS) is 10.2. The monoisotopic (exact) mass is 208 g/mol. The Labute approximate surface area is 86.8 Å². The number of benzene rings is 1. The van der Waals surface area contributed by atoms with Crippen LogP contribution in [0.15, 0.2) is 41.8 Å². The van der Waals surface area contributed by atoms with Gasteiger partial charge in [0.15, 0.2) is 0 Å². The molecule has 66 valence electrons. The van der Waals surface area contributed by atoms with Gasteiger partial charge in [-0.3, -0.25) is 0 Å². The Morgan fingerprint density at radius 1 is 1.08 bits per heavy atom. The van der Waals surface area contributed by atoms with Crippen molar-refractivity contribution in [3.05, 3.63) is 57.2 Å². The van der Waals surface area contributed by atoms with E-state index in [0.717, 1.165) is 10.8 Å². The molecule has 0 bridgehead atoms. The van der Waals surface area contributed by atoms with Gasteiger partial charge in [0.25, 0.3) is 0 Å². The van der Waals surface area contributed by atoms with Crippen LogP contribution in [0.5, 0.6) is 0 Å². The van der Waals surface area contributed by atoms with E-state index in [0.29, 0.717) is 0 Å². The molecule has 0 radical (unpaired) electrons. The van der Waals surface area contributed by atoms with E-state index in [-0.39, 0.29) is 0 Å². The SMILES string of the molecule is Clc1cc(Cc2ccccc2)cs1. The van der Waals surface area contributed by atoms with Crippen LogP contribution in [-0.4, -0.2) is 0 Å². The van der Waals surface area contributed by atoms with Crippen LogP contribution in [0.4, 0.5) is 0 Å². The van der Waals surface area contributed by atoms with Gasteiger partial charge in [-0.15, -0.1) is 11.3 Å². The van der Waals surface area contributed by atoms with Crippen LogP contribution < -0.4 is 0 Å². The fourth-order valence-corrected chi connectivity index (χ4v) is 2.18. The summed E-state index contributed by atoms with van der Waals surface area (Å²) in [5.74, 6) is 0. The summed E-state index contributed by atoms with van der Waals surface area (Å²) in [6.07, 6.45) is 0.976. The molecule has 0 aliphatic carbocycles. The Balaban J connectivity index is 2.15. The lowest BCUT2D eigenvalue weighted by Gasteiger charge is -1.96. The molecule has 2 heteroatoms. The summed E-state index contributed by atoms with van der Waals surface area (Å²) in [4.78, 5) is 0. The van der Waals surface area contributed by atoms with E-state index in [9.17, 15) is 0 Å². The molecule has 13 heavy (non-hydrogen) atoms. The van der Waals surface area contributed by atoms with E-state index in [1.54, 1.807) is 11.3 Å². The van der Waals surface area contributed by atoms with E-state index in [1.807, 2.05) is 12.1 Å². The van der Waals surface area contributed by atoms with Gasteiger partial charge in [-0.25, -0.2) is 0 Å². The molecule has 0 atom stereocenters. The zero-order valence-electron chi connectivity index (χ0n) is 7.03. The zero-order valence-corrected chi connectivity index (χ0v) is 8.61. The minimum Gasteiger partial charge on any atom is -0.132 e. The highest BCUT2D eigenvalue weighted by molar-refractivity contribution is 7.14. The van der Waals surface area contributed by atoms with Gasteiger partial charge in [0.2, 0.25) is 0 Å². The Morgan fingerprint density at radius 2 is 1.85 bits per heavy atom. The Bertz CT molecular complexity index is 378. The summed E-state index contributed by atoms with van der Waals surface area (Å²) in [7, 11) is 0. The van der Waals surface area contributed by atoms with E-state index in [2.05, 4.69) is 29.6 Å². The largest absolute Gasteiger partial charge is 0.132 e. The summed E-state index contributed by atoms with van der Waals surface area (Å²) in [6.45, 7) is 0. The summed E-state index contributed by atoms with van der Waals surface area (Å²) >= 11 is 7.43. The van der Waals surface area contributed by atoms with Gasteiger partial charge in [0.05, 0.1) is 4.34 Å². The maximum atomic E-state index is 5.85. The molecule has 0 saturated carbocycles. The van der Waals surface area contributed by atoms with Crippen molar-refractivity contribution in [1.29, 1.82) is 0 Å².